The standard InChI is InChI=1S/C28H14FNO2S3/c29-16-5-7-24-22(12-16)30(21-3-1-2-4-23(21)35-24)26-8-6-17(34-26)13-20-27(31)18-11-15-9-10-33-25(15)14-19(18)28(20)32/h1-14H/b20-13-. The SMILES string of the molecule is O=C1/C(=C/c2ccc(N3c4ccccc4Sc4ccc(F)cc43)s2)C(=O)c2cc3sccc3cc21. The molecule has 5 aromatic rings. The fourth-order valence-electron chi connectivity index (χ4n) is 4.56. The zero-order valence-corrected chi connectivity index (χ0v) is 20.4. The summed E-state index contributed by atoms with van der Waals surface area (Å²) in [4.78, 5) is 31.1. The second-order valence-corrected chi connectivity index (χ2v) is 11.4. The van der Waals surface area contributed by atoms with E-state index in [1.165, 1.54) is 17.4 Å². The van der Waals surface area contributed by atoms with Crippen LogP contribution in [0.5, 0.6) is 0 Å². The molecule has 0 spiro atoms. The van der Waals surface area contributed by atoms with E-state index in [4.69, 9.17) is 0 Å². The van der Waals surface area contributed by atoms with Crippen LogP contribution in [0.2, 0.25) is 0 Å². The number of fused-ring (bicyclic) bond motifs is 4. The smallest absolute Gasteiger partial charge is 0.197 e. The molecule has 0 unspecified atom stereocenters. The zero-order chi connectivity index (χ0) is 23.7. The largest absolute Gasteiger partial charge is 0.299 e. The maximum absolute atomic E-state index is 14.2. The second kappa shape index (κ2) is 7.75. The van der Waals surface area contributed by atoms with Gasteiger partial charge in [0.1, 0.15) is 10.8 Å². The van der Waals surface area contributed by atoms with Crippen LogP contribution < -0.4 is 4.90 Å². The summed E-state index contributed by atoms with van der Waals surface area (Å²) in [7, 11) is 0. The number of hydrogen-bond donors (Lipinski definition) is 0. The Balaban J connectivity index is 1.30. The summed E-state index contributed by atoms with van der Waals surface area (Å²) in [6, 6.07) is 22.3. The van der Waals surface area contributed by atoms with Crippen LogP contribution in [0.15, 0.2) is 93.5 Å². The number of hydrogen-bond acceptors (Lipinski definition) is 6. The van der Waals surface area contributed by atoms with Gasteiger partial charge in [0.25, 0.3) is 0 Å². The van der Waals surface area contributed by atoms with Crippen LogP contribution in [0.4, 0.5) is 20.8 Å². The molecule has 0 saturated carbocycles. The number of benzene rings is 3. The maximum Gasteiger partial charge on any atom is 0.197 e. The highest BCUT2D eigenvalue weighted by atomic mass is 32.2. The van der Waals surface area contributed by atoms with E-state index in [1.807, 2.05) is 64.9 Å². The Morgan fingerprint density at radius 3 is 2.49 bits per heavy atom. The fourth-order valence-corrected chi connectivity index (χ4v) is 7.38. The molecular formula is C28H14FNO2S3. The lowest BCUT2D eigenvalue weighted by molar-refractivity contribution is 0.0990. The third-order valence-corrected chi connectivity index (χ3v) is 9.21. The number of ketones is 2. The first-order valence-corrected chi connectivity index (χ1v) is 13.4. The van der Waals surface area contributed by atoms with Crippen molar-refractivity contribution in [1.82, 2.24) is 0 Å². The molecule has 168 valence electrons. The molecule has 3 aromatic carbocycles. The molecule has 3 nitrogen and oxygen atoms in total. The first kappa shape index (κ1) is 20.8. The summed E-state index contributed by atoms with van der Waals surface area (Å²) >= 11 is 4.63. The second-order valence-electron chi connectivity index (χ2n) is 8.27. The van der Waals surface area contributed by atoms with Gasteiger partial charge in [-0.3, -0.25) is 14.5 Å². The zero-order valence-electron chi connectivity index (χ0n) is 17.9. The monoisotopic (exact) mass is 511 g/mol. The molecule has 2 aliphatic rings. The quantitative estimate of drug-likeness (QED) is 0.173. The van der Waals surface area contributed by atoms with Crippen LogP contribution in [0.25, 0.3) is 16.2 Å². The summed E-state index contributed by atoms with van der Waals surface area (Å²) in [5, 5.41) is 3.81. The molecule has 0 fully saturated rings. The number of Topliss-reactive ketones (excluding diaryl/α,β-unsaturated/α-hetero) is 2. The molecule has 7 rings (SSSR count). The minimum absolute atomic E-state index is 0.187. The molecule has 0 atom stereocenters. The van der Waals surface area contributed by atoms with E-state index in [0.29, 0.717) is 11.1 Å². The molecule has 1 aliphatic carbocycles. The molecule has 7 heteroatoms. The molecule has 0 N–H and O–H groups in total. The maximum atomic E-state index is 14.2. The number of para-hydroxylation sites is 1. The number of carbonyl (C=O) groups is 2. The summed E-state index contributed by atoms with van der Waals surface area (Å²) in [5.41, 5.74) is 2.87. The van der Waals surface area contributed by atoms with Crippen LogP contribution in [0.3, 0.4) is 0 Å². The molecule has 0 saturated heterocycles. The van der Waals surface area contributed by atoms with Crippen LogP contribution in [0, 0.1) is 5.82 Å². The Labute approximate surface area is 212 Å². The van der Waals surface area contributed by atoms with Crippen LogP contribution in [-0.4, -0.2) is 11.6 Å². The van der Waals surface area contributed by atoms with Crippen molar-refractivity contribution in [2.24, 2.45) is 0 Å². The summed E-state index contributed by atoms with van der Waals surface area (Å²) in [5.74, 6) is -0.769. The van der Waals surface area contributed by atoms with E-state index in [1.54, 1.807) is 41.3 Å². The van der Waals surface area contributed by atoms with Crippen LogP contribution in [0.1, 0.15) is 25.6 Å². The lowest BCUT2D eigenvalue weighted by Crippen LogP contribution is -2.13. The van der Waals surface area contributed by atoms with E-state index < -0.39 is 0 Å². The van der Waals surface area contributed by atoms with E-state index in [0.717, 1.165) is 41.1 Å². The van der Waals surface area contributed by atoms with Crippen LogP contribution >= 0.6 is 34.4 Å². The molecule has 1 aliphatic heterocycles. The van der Waals surface area contributed by atoms with Crippen molar-refractivity contribution >= 4 is 78.5 Å². The highest BCUT2D eigenvalue weighted by molar-refractivity contribution is 7.99. The number of thiophene rings is 2. The van der Waals surface area contributed by atoms with Gasteiger partial charge in [-0.05, 0) is 77.5 Å². The highest BCUT2D eigenvalue weighted by Gasteiger charge is 2.34. The van der Waals surface area contributed by atoms with Gasteiger partial charge in [0.2, 0.25) is 0 Å². The Kier molecular flexibility index (Phi) is 4.61. The van der Waals surface area contributed by atoms with E-state index >= 15 is 0 Å². The third kappa shape index (κ3) is 3.23. The minimum Gasteiger partial charge on any atom is -0.299 e. The Hall–Kier alpha value is -3.52. The summed E-state index contributed by atoms with van der Waals surface area (Å²) < 4.78 is 15.2. The highest BCUT2D eigenvalue weighted by Crippen LogP contribution is 2.52. The Morgan fingerprint density at radius 1 is 0.800 bits per heavy atom. The van der Waals surface area contributed by atoms with Gasteiger partial charge in [0, 0.05) is 30.5 Å². The topological polar surface area (TPSA) is 37.4 Å². The van der Waals surface area contributed by atoms with Crippen molar-refractivity contribution in [2.75, 3.05) is 4.90 Å². The van der Waals surface area contributed by atoms with E-state index in [-0.39, 0.29) is 23.0 Å². The number of allylic oxidation sites excluding steroid dienone is 1. The lowest BCUT2D eigenvalue weighted by atomic mass is 10.1. The molecule has 35 heavy (non-hydrogen) atoms. The normalized spacial score (nSPS) is 15.6. The van der Waals surface area contributed by atoms with Gasteiger partial charge in [-0.25, -0.2) is 4.39 Å². The molecule has 0 bridgehead atoms. The Morgan fingerprint density at radius 2 is 1.60 bits per heavy atom. The van der Waals surface area contributed by atoms with Gasteiger partial charge in [-0.1, -0.05) is 23.9 Å². The number of anilines is 3. The van der Waals surface area contributed by atoms with Crippen molar-refractivity contribution in [2.45, 2.75) is 9.79 Å². The lowest BCUT2D eigenvalue weighted by Gasteiger charge is -2.31. The average Bonchev–Trinajstić information content (AvgIpc) is 3.57. The Bertz CT molecular complexity index is 1690. The molecular weight excluding hydrogens is 498 g/mol. The number of carbonyl (C=O) groups excluding carboxylic acids is 2. The van der Waals surface area contributed by atoms with Gasteiger partial charge in [-0.15, -0.1) is 22.7 Å². The van der Waals surface area contributed by atoms with Crippen molar-refractivity contribution in [3.8, 4) is 0 Å². The van der Waals surface area contributed by atoms with E-state index in [2.05, 4.69) is 0 Å². The third-order valence-electron chi connectivity index (χ3n) is 6.18. The predicted octanol–water partition coefficient (Wildman–Crippen LogP) is 8.50. The molecule has 2 aromatic heterocycles. The van der Waals surface area contributed by atoms with Gasteiger partial charge in [-0.2, -0.15) is 0 Å². The molecule has 0 amide bonds. The fraction of sp³-hybridized carbons (Fsp3) is 0. The average molecular weight is 512 g/mol. The minimum atomic E-state index is -0.299. The van der Waals surface area contributed by atoms with Crippen molar-refractivity contribution in [1.29, 1.82) is 0 Å². The number of nitrogens with zero attached hydrogens (tertiary/aromatic N) is 1. The molecule has 3 heterocycles. The first-order valence-electron chi connectivity index (χ1n) is 10.9. The van der Waals surface area contributed by atoms with Gasteiger partial charge in [0.05, 0.1) is 16.9 Å². The van der Waals surface area contributed by atoms with Crippen LogP contribution in [-0.2, 0) is 0 Å². The summed E-state index contributed by atoms with van der Waals surface area (Å²) in [6.07, 6.45) is 1.68. The van der Waals surface area contributed by atoms with Crippen molar-refractivity contribution in [3.63, 3.8) is 0 Å². The summed E-state index contributed by atoms with van der Waals surface area (Å²) in [6.45, 7) is 0. The van der Waals surface area contributed by atoms with Crippen molar-refractivity contribution < 1.29 is 14.0 Å². The predicted molar refractivity (Wildman–Crippen MR) is 142 cm³/mol. The molecule has 0 radical (unpaired) electrons. The van der Waals surface area contributed by atoms with Crippen molar-refractivity contribution in [3.05, 3.63) is 106 Å². The van der Waals surface area contributed by atoms with E-state index in [9.17, 15) is 14.0 Å². The number of halogens is 1. The van der Waals surface area contributed by atoms with Gasteiger partial charge in [0.15, 0.2) is 11.6 Å². The van der Waals surface area contributed by atoms with Gasteiger partial charge < -0.3 is 0 Å². The number of rotatable bonds is 2. The first-order chi connectivity index (χ1) is 17.1. The van der Waals surface area contributed by atoms with Gasteiger partial charge >= 0.3 is 0 Å².